The molecule has 4 fully saturated rings. The van der Waals surface area contributed by atoms with Gasteiger partial charge in [0.15, 0.2) is 0 Å². The molecule has 4 rings (SSSR count). The van der Waals surface area contributed by atoms with Crippen molar-refractivity contribution in [1.82, 2.24) is 4.90 Å². The van der Waals surface area contributed by atoms with E-state index < -0.39 is 0 Å². The summed E-state index contributed by atoms with van der Waals surface area (Å²) in [6.45, 7) is 7.02. The fourth-order valence-corrected chi connectivity index (χ4v) is 8.29. The second kappa shape index (κ2) is 6.49. The molecular weight excluding hydrogens is 308 g/mol. The predicted molar refractivity (Wildman–Crippen MR) is 103 cm³/mol. The van der Waals surface area contributed by atoms with E-state index >= 15 is 0 Å². The number of aliphatic hydroxyl groups is 1. The number of nitrogens with zero attached hydrogens (tertiary/aromatic N) is 1. The summed E-state index contributed by atoms with van der Waals surface area (Å²) < 4.78 is 0. The van der Waals surface area contributed by atoms with Crippen LogP contribution in [0.5, 0.6) is 0 Å². The number of likely N-dealkylation sites (N-methyl/N-ethyl adjacent to an activating group) is 1. The van der Waals surface area contributed by atoms with Gasteiger partial charge < -0.3 is 15.7 Å². The van der Waals surface area contributed by atoms with Crippen molar-refractivity contribution in [3.8, 4) is 0 Å². The van der Waals surface area contributed by atoms with Crippen molar-refractivity contribution in [2.75, 3.05) is 20.1 Å². The zero-order valence-electron chi connectivity index (χ0n) is 16.7. The van der Waals surface area contributed by atoms with Crippen molar-refractivity contribution in [1.29, 1.82) is 0 Å². The smallest absolute Gasteiger partial charge is 0.0543 e. The molecule has 0 bridgehead atoms. The van der Waals surface area contributed by atoms with Crippen molar-refractivity contribution in [2.45, 2.75) is 83.8 Å². The van der Waals surface area contributed by atoms with E-state index in [4.69, 9.17) is 5.73 Å². The van der Waals surface area contributed by atoms with Crippen LogP contribution in [-0.2, 0) is 0 Å². The van der Waals surface area contributed by atoms with Crippen molar-refractivity contribution < 1.29 is 5.11 Å². The molecule has 0 aromatic heterocycles. The standard InChI is InChI=1S/C22H40N2O/c1-21-10-8-16(25)14-15(21)4-5-17-18-6-7-20(24(3)13-12-23)22(18,2)11-9-19(17)21/h15-20,25H,4-14,23H2,1-3H3/t15-,16-,17+,18+,19-,20-,21-,22-/m0/s1. The summed E-state index contributed by atoms with van der Waals surface area (Å²) in [6, 6.07) is 0.737. The highest BCUT2D eigenvalue weighted by atomic mass is 16.3. The van der Waals surface area contributed by atoms with E-state index in [2.05, 4.69) is 25.8 Å². The van der Waals surface area contributed by atoms with Gasteiger partial charge in [0.25, 0.3) is 0 Å². The molecule has 8 atom stereocenters. The van der Waals surface area contributed by atoms with Gasteiger partial charge in [0.1, 0.15) is 0 Å². The van der Waals surface area contributed by atoms with Gasteiger partial charge in [-0.1, -0.05) is 13.8 Å². The molecule has 0 spiro atoms. The molecule has 3 heteroatoms. The van der Waals surface area contributed by atoms with Crippen LogP contribution in [0.2, 0.25) is 0 Å². The Morgan fingerprint density at radius 1 is 0.960 bits per heavy atom. The van der Waals surface area contributed by atoms with Crippen LogP contribution in [-0.4, -0.2) is 42.3 Å². The zero-order chi connectivity index (χ0) is 17.8. The van der Waals surface area contributed by atoms with Crippen molar-refractivity contribution in [2.24, 2.45) is 40.2 Å². The van der Waals surface area contributed by atoms with Crippen LogP contribution in [0.25, 0.3) is 0 Å². The highest BCUT2D eigenvalue weighted by Crippen LogP contribution is 2.66. The van der Waals surface area contributed by atoms with E-state index in [1.165, 1.54) is 44.9 Å². The van der Waals surface area contributed by atoms with Crippen LogP contribution >= 0.6 is 0 Å². The second-order valence-corrected chi connectivity index (χ2v) is 10.5. The molecule has 0 aromatic rings. The Kier molecular flexibility index (Phi) is 4.74. The molecule has 0 aromatic carbocycles. The van der Waals surface area contributed by atoms with Gasteiger partial charge in [-0.05, 0) is 99.3 Å². The van der Waals surface area contributed by atoms with E-state index in [0.717, 1.165) is 55.6 Å². The summed E-state index contributed by atoms with van der Waals surface area (Å²) in [7, 11) is 2.30. The van der Waals surface area contributed by atoms with Crippen LogP contribution in [0, 0.1) is 34.5 Å². The number of rotatable bonds is 3. The van der Waals surface area contributed by atoms with Gasteiger partial charge in [-0.2, -0.15) is 0 Å². The minimum Gasteiger partial charge on any atom is -0.393 e. The fourth-order valence-electron chi connectivity index (χ4n) is 8.29. The van der Waals surface area contributed by atoms with Crippen LogP contribution < -0.4 is 5.73 Å². The molecule has 25 heavy (non-hydrogen) atoms. The second-order valence-electron chi connectivity index (χ2n) is 10.5. The quantitative estimate of drug-likeness (QED) is 0.818. The molecule has 0 amide bonds. The molecule has 0 unspecified atom stereocenters. The first-order valence-electron chi connectivity index (χ1n) is 11.0. The predicted octanol–water partition coefficient (Wildman–Crippen LogP) is 3.65. The van der Waals surface area contributed by atoms with Crippen LogP contribution in [0.1, 0.15) is 71.6 Å². The van der Waals surface area contributed by atoms with E-state index in [0.29, 0.717) is 10.8 Å². The normalized spacial score (nSPS) is 52.6. The highest BCUT2D eigenvalue weighted by Gasteiger charge is 2.60. The fraction of sp³-hybridized carbons (Fsp3) is 1.00. The number of hydrogen-bond acceptors (Lipinski definition) is 3. The molecule has 144 valence electrons. The van der Waals surface area contributed by atoms with Gasteiger partial charge in [0.2, 0.25) is 0 Å². The summed E-state index contributed by atoms with van der Waals surface area (Å²) in [6.07, 6.45) is 11.8. The van der Waals surface area contributed by atoms with Gasteiger partial charge in [-0.3, -0.25) is 0 Å². The third-order valence-corrected chi connectivity index (χ3v) is 9.60. The maximum absolute atomic E-state index is 10.2. The van der Waals surface area contributed by atoms with Gasteiger partial charge in [0, 0.05) is 19.1 Å². The Hall–Kier alpha value is -0.120. The number of aliphatic hydroxyl groups excluding tert-OH is 1. The first-order valence-corrected chi connectivity index (χ1v) is 11.0. The number of hydrogen-bond donors (Lipinski definition) is 2. The van der Waals surface area contributed by atoms with Crippen molar-refractivity contribution >= 4 is 0 Å². The SMILES string of the molecule is CN(CCN)[C@H]1CC[C@@H]2[C@H]3CC[C@H]4C[C@@H](O)CC[C@]4(C)[C@H]3CC[C@@]21C. The Bertz CT molecular complexity index is 496. The highest BCUT2D eigenvalue weighted by molar-refractivity contribution is 5.11. The van der Waals surface area contributed by atoms with Crippen LogP contribution in [0.3, 0.4) is 0 Å². The van der Waals surface area contributed by atoms with Gasteiger partial charge >= 0.3 is 0 Å². The summed E-state index contributed by atoms with van der Waals surface area (Å²) in [5.41, 5.74) is 6.86. The minimum atomic E-state index is -0.0238. The molecule has 4 aliphatic rings. The maximum atomic E-state index is 10.2. The summed E-state index contributed by atoms with van der Waals surface area (Å²) in [5, 5.41) is 10.2. The van der Waals surface area contributed by atoms with E-state index in [1.807, 2.05) is 0 Å². The number of fused-ring (bicyclic) bond motifs is 5. The lowest BCUT2D eigenvalue weighted by atomic mass is 9.45. The third-order valence-electron chi connectivity index (χ3n) is 9.60. The van der Waals surface area contributed by atoms with Gasteiger partial charge in [-0.25, -0.2) is 0 Å². The average Bonchev–Trinajstić information content (AvgIpc) is 2.93. The van der Waals surface area contributed by atoms with Crippen LogP contribution in [0.4, 0.5) is 0 Å². The van der Waals surface area contributed by atoms with E-state index in [1.54, 1.807) is 0 Å². The molecule has 3 nitrogen and oxygen atoms in total. The Labute approximate surface area is 154 Å². The first kappa shape index (κ1) is 18.3. The molecular formula is C22H40N2O. The Morgan fingerprint density at radius 2 is 1.68 bits per heavy atom. The van der Waals surface area contributed by atoms with E-state index in [-0.39, 0.29) is 6.10 Å². The summed E-state index contributed by atoms with van der Waals surface area (Å²) >= 11 is 0. The average molecular weight is 349 g/mol. The van der Waals surface area contributed by atoms with Gasteiger partial charge in [0.05, 0.1) is 6.10 Å². The molecule has 4 saturated carbocycles. The maximum Gasteiger partial charge on any atom is 0.0543 e. The van der Waals surface area contributed by atoms with Crippen molar-refractivity contribution in [3.63, 3.8) is 0 Å². The lowest BCUT2D eigenvalue weighted by Gasteiger charge is -2.61. The molecule has 0 aliphatic heterocycles. The molecule has 0 radical (unpaired) electrons. The first-order chi connectivity index (χ1) is 11.9. The monoisotopic (exact) mass is 348 g/mol. The molecule has 0 saturated heterocycles. The Morgan fingerprint density at radius 3 is 2.44 bits per heavy atom. The van der Waals surface area contributed by atoms with Crippen molar-refractivity contribution in [3.05, 3.63) is 0 Å². The topological polar surface area (TPSA) is 49.5 Å². The molecule has 0 heterocycles. The zero-order valence-corrected chi connectivity index (χ0v) is 16.7. The minimum absolute atomic E-state index is 0.0238. The van der Waals surface area contributed by atoms with Gasteiger partial charge in [-0.15, -0.1) is 0 Å². The van der Waals surface area contributed by atoms with E-state index in [9.17, 15) is 5.11 Å². The molecule has 4 aliphatic carbocycles. The lowest BCUT2D eigenvalue weighted by Crippen LogP contribution is -2.56. The number of nitrogens with two attached hydrogens (primary N) is 1. The van der Waals surface area contributed by atoms with Crippen LogP contribution in [0.15, 0.2) is 0 Å². The third kappa shape index (κ3) is 2.72. The summed E-state index contributed by atoms with van der Waals surface area (Å²) in [5.74, 6) is 3.54. The lowest BCUT2D eigenvalue weighted by molar-refractivity contribution is -0.128. The Balaban J connectivity index is 1.56. The largest absolute Gasteiger partial charge is 0.393 e. The molecule has 3 N–H and O–H groups in total. The summed E-state index contributed by atoms with van der Waals surface area (Å²) in [4.78, 5) is 2.57.